The number of rotatable bonds is 4. The number of fused-ring (bicyclic) bond motifs is 1. The first-order valence-electron chi connectivity index (χ1n) is 7.17. The van der Waals surface area contributed by atoms with Gasteiger partial charge in [0.05, 0.1) is 17.6 Å². The van der Waals surface area contributed by atoms with Crippen molar-refractivity contribution in [2.24, 2.45) is 0 Å². The second kappa shape index (κ2) is 6.07. The lowest BCUT2D eigenvalue weighted by Crippen LogP contribution is -2.30. The summed E-state index contributed by atoms with van der Waals surface area (Å²) in [7, 11) is 1.30. The Kier molecular flexibility index (Phi) is 3.94. The van der Waals surface area contributed by atoms with Crippen molar-refractivity contribution in [1.82, 2.24) is 20.2 Å². The summed E-state index contributed by atoms with van der Waals surface area (Å²) in [6.45, 7) is 1.89. The van der Waals surface area contributed by atoms with Crippen LogP contribution in [0.2, 0.25) is 0 Å². The topological polar surface area (TPSA) is 125 Å². The lowest BCUT2D eigenvalue weighted by Gasteiger charge is -2.27. The number of ether oxygens (including phenoxy) is 1. The molecular formula is C14H14N6O4. The normalized spacial score (nSPS) is 16.3. The molecule has 2 aromatic rings. The van der Waals surface area contributed by atoms with Crippen molar-refractivity contribution >= 4 is 17.6 Å². The molecule has 24 heavy (non-hydrogen) atoms. The van der Waals surface area contributed by atoms with Crippen LogP contribution >= 0.6 is 0 Å². The second-order valence-corrected chi connectivity index (χ2v) is 5.06. The average Bonchev–Trinajstić information content (AvgIpc) is 3.07. The van der Waals surface area contributed by atoms with Crippen molar-refractivity contribution in [2.45, 2.75) is 19.4 Å². The van der Waals surface area contributed by atoms with Crippen molar-refractivity contribution in [3.63, 3.8) is 0 Å². The summed E-state index contributed by atoms with van der Waals surface area (Å²) in [6, 6.07) is 5.29. The summed E-state index contributed by atoms with van der Waals surface area (Å²) in [6.07, 6.45) is 0.542. The molecule has 1 N–H and O–H groups in total. The average molecular weight is 330 g/mol. The van der Waals surface area contributed by atoms with Gasteiger partial charge in [0.15, 0.2) is 0 Å². The molecule has 3 rings (SSSR count). The van der Waals surface area contributed by atoms with Crippen LogP contribution in [0, 0.1) is 10.1 Å². The predicted molar refractivity (Wildman–Crippen MR) is 82.0 cm³/mol. The zero-order chi connectivity index (χ0) is 17.3. The molecule has 0 spiro atoms. The van der Waals surface area contributed by atoms with Crippen LogP contribution in [0.15, 0.2) is 35.5 Å². The van der Waals surface area contributed by atoms with Gasteiger partial charge in [-0.3, -0.25) is 10.1 Å². The number of methoxy groups -OCH3 is 1. The Morgan fingerprint density at radius 1 is 1.42 bits per heavy atom. The highest BCUT2D eigenvalue weighted by molar-refractivity contribution is 5.92. The molecule has 0 amide bonds. The van der Waals surface area contributed by atoms with E-state index in [0.717, 1.165) is 0 Å². The summed E-state index contributed by atoms with van der Waals surface area (Å²) in [5.41, 5.74) is 1.62. The van der Waals surface area contributed by atoms with E-state index in [-0.39, 0.29) is 5.69 Å². The molecule has 0 bridgehead atoms. The summed E-state index contributed by atoms with van der Waals surface area (Å²) in [5.74, 6) is -0.119. The first-order chi connectivity index (χ1) is 11.6. The Bertz CT molecular complexity index is 826. The number of tetrazole rings is 1. The van der Waals surface area contributed by atoms with E-state index in [1.165, 1.54) is 23.9 Å². The number of nitrogens with one attached hydrogen (secondary N) is 1. The number of allylic oxidation sites excluding steroid dienone is 1. The molecule has 2 heterocycles. The number of hydrogen-bond acceptors (Lipinski definition) is 8. The monoisotopic (exact) mass is 330 g/mol. The molecule has 0 saturated heterocycles. The fraction of sp³-hybridized carbons (Fsp3) is 0.286. The lowest BCUT2D eigenvalue weighted by molar-refractivity contribution is -0.384. The molecule has 0 saturated carbocycles. The van der Waals surface area contributed by atoms with Crippen LogP contribution in [-0.4, -0.2) is 38.2 Å². The quantitative estimate of drug-likeness (QED) is 0.507. The highest BCUT2D eigenvalue weighted by Crippen LogP contribution is 2.36. The van der Waals surface area contributed by atoms with Gasteiger partial charge in [0.1, 0.15) is 6.04 Å². The van der Waals surface area contributed by atoms with Gasteiger partial charge in [0, 0.05) is 17.8 Å². The molecule has 1 atom stereocenters. The zero-order valence-corrected chi connectivity index (χ0v) is 13.0. The molecule has 0 unspecified atom stereocenters. The molecule has 0 radical (unpaired) electrons. The molecule has 124 valence electrons. The predicted octanol–water partition coefficient (Wildman–Crippen LogP) is 1.43. The summed E-state index contributed by atoms with van der Waals surface area (Å²) in [4.78, 5) is 22.7. The Hall–Kier alpha value is -3.30. The number of carbonyl (C=O) groups is 1. The molecule has 1 aliphatic heterocycles. The number of non-ortho nitro benzene ring substituents is 1. The highest BCUT2D eigenvalue weighted by Gasteiger charge is 2.35. The van der Waals surface area contributed by atoms with Crippen LogP contribution in [-0.2, 0) is 9.53 Å². The number of nitro groups is 1. The van der Waals surface area contributed by atoms with Crippen molar-refractivity contribution in [3.05, 3.63) is 51.2 Å². The number of nitrogens with zero attached hydrogens (tertiary/aromatic N) is 5. The van der Waals surface area contributed by atoms with E-state index in [9.17, 15) is 14.9 Å². The fourth-order valence-corrected chi connectivity index (χ4v) is 2.65. The summed E-state index contributed by atoms with van der Waals surface area (Å²) in [5, 5.41) is 25.3. The minimum Gasteiger partial charge on any atom is -0.466 e. The minimum atomic E-state index is -0.626. The third kappa shape index (κ3) is 2.47. The molecule has 10 heteroatoms. The largest absolute Gasteiger partial charge is 0.466 e. The molecule has 1 aromatic heterocycles. The van der Waals surface area contributed by atoms with Gasteiger partial charge in [-0.1, -0.05) is 12.0 Å². The molecule has 10 nitrogen and oxygen atoms in total. The zero-order valence-electron chi connectivity index (χ0n) is 13.0. The smallest absolute Gasteiger partial charge is 0.338 e. The second-order valence-electron chi connectivity index (χ2n) is 5.06. The van der Waals surface area contributed by atoms with Crippen LogP contribution in [0.3, 0.4) is 0 Å². The van der Waals surface area contributed by atoms with Crippen molar-refractivity contribution < 1.29 is 14.5 Å². The molecular weight excluding hydrogens is 316 g/mol. The van der Waals surface area contributed by atoms with E-state index < -0.39 is 16.9 Å². The first kappa shape index (κ1) is 15.6. The summed E-state index contributed by atoms with van der Waals surface area (Å²) >= 11 is 0. The Balaban J connectivity index is 2.15. The van der Waals surface area contributed by atoms with E-state index in [2.05, 4.69) is 20.8 Å². The first-order valence-corrected chi connectivity index (χ1v) is 7.17. The lowest BCUT2D eigenvalue weighted by atomic mass is 9.94. The van der Waals surface area contributed by atoms with E-state index in [0.29, 0.717) is 29.2 Å². The van der Waals surface area contributed by atoms with Crippen molar-refractivity contribution in [2.75, 3.05) is 12.4 Å². The van der Waals surface area contributed by atoms with Gasteiger partial charge in [0.2, 0.25) is 5.95 Å². The van der Waals surface area contributed by atoms with E-state index in [1.807, 2.05) is 6.92 Å². The van der Waals surface area contributed by atoms with E-state index in [1.54, 1.807) is 12.1 Å². The fourth-order valence-electron chi connectivity index (χ4n) is 2.65. The van der Waals surface area contributed by atoms with Gasteiger partial charge >= 0.3 is 5.97 Å². The van der Waals surface area contributed by atoms with Crippen molar-refractivity contribution in [1.29, 1.82) is 0 Å². The molecule has 0 aliphatic carbocycles. The maximum absolute atomic E-state index is 12.3. The van der Waals surface area contributed by atoms with Gasteiger partial charge in [-0.25, -0.2) is 4.79 Å². The SMILES string of the molecule is CCC1=C(C(=O)OC)[C@@H](c2ccc([N+](=O)[O-])cc2)n2nnnc2N1. The number of benzene rings is 1. The number of anilines is 1. The number of nitro benzene ring substituents is 1. The third-order valence-electron chi connectivity index (χ3n) is 3.78. The minimum absolute atomic E-state index is 0.0380. The number of esters is 1. The van der Waals surface area contributed by atoms with Crippen molar-refractivity contribution in [3.8, 4) is 0 Å². The van der Waals surface area contributed by atoms with Crippen LogP contribution < -0.4 is 5.32 Å². The summed E-state index contributed by atoms with van der Waals surface area (Å²) < 4.78 is 6.35. The molecule has 1 aromatic carbocycles. The number of aromatic nitrogens is 4. The Morgan fingerprint density at radius 3 is 2.71 bits per heavy atom. The third-order valence-corrected chi connectivity index (χ3v) is 3.78. The molecule has 1 aliphatic rings. The van der Waals surface area contributed by atoms with E-state index >= 15 is 0 Å². The van der Waals surface area contributed by atoms with Crippen LogP contribution in [0.25, 0.3) is 0 Å². The van der Waals surface area contributed by atoms with Gasteiger partial charge < -0.3 is 10.1 Å². The highest BCUT2D eigenvalue weighted by atomic mass is 16.6. The maximum atomic E-state index is 12.3. The molecule has 0 fully saturated rings. The van der Waals surface area contributed by atoms with Gasteiger partial charge in [0.25, 0.3) is 5.69 Å². The van der Waals surface area contributed by atoms with Crippen LogP contribution in [0.4, 0.5) is 11.6 Å². The number of hydrogen-bond donors (Lipinski definition) is 1. The van der Waals surface area contributed by atoms with Gasteiger partial charge in [-0.15, -0.1) is 0 Å². The Labute approximate surface area is 136 Å². The van der Waals surface area contributed by atoms with Gasteiger partial charge in [-0.2, -0.15) is 4.68 Å². The van der Waals surface area contributed by atoms with E-state index in [4.69, 9.17) is 4.74 Å². The van der Waals surface area contributed by atoms with Gasteiger partial charge in [-0.05, 0) is 34.5 Å². The Morgan fingerprint density at radius 2 is 2.12 bits per heavy atom. The maximum Gasteiger partial charge on any atom is 0.338 e. The number of carbonyl (C=O) groups excluding carboxylic acids is 1. The standard InChI is InChI=1S/C14H14N6O4/c1-3-10-11(13(21)24-2)12(19-14(15-10)16-17-18-19)8-4-6-9(7-5-8)20(22)23/h4-7,12H,3H2,1-2H3,(H,15,16,18)/t12-/m1/s1. The van der Waals surface area contributed by atoms with Crippen LogP contribution in [0.5, 0.6) is 0 Å². The van der Waals surface area contributed by atoms with Crippen LogP contribution in [0.1, 0.15) is 24.9 Å².